The molecule has 2 rings (SSSR count). The van der Waals surface area contributed by atoms with Gasteiger partial charge in [-0.25, -0.2) is 0 Å². The molecule has 1 aliphatic rings. The van der Waals surface area contributed by atoms with E-state index in [1.807, 2.05) is 0 Å². The summed E-state index contributed by atoms with van der Waals surface area (Å²) >= 11 is 2.10. The van der Waals surface area contributed by atoms with Crippen molar-refractivity contribution in [2.45, 2.75) is 18.9 Å². The van der Waals surface area contributed by atoms with E-state index in [1.54, 1.807) is 0 Å². The summed E-state index contributed by atoms with van der Waals surface area (Å²) in [5.74, 6) is 2.64. The quantitative estimate of drug-likeness (QED) is 0.880. The molecule has 0 saturated carbocycles. The topological polar surface area (TPSA) is 15.3 Å². The van der Waals surface area contributed by atoms with Crippen LogP contribution in [0.1, 0.15) is 24.4 Å². The number of nitrogens with one attached hydrogen (secondary N) is 1. The van der Waals surface area contributed by atoms with Gasteiger partial charge in [0.25, 0.3) is 0 Å². The van der Waals surface area contributed by atoms with Crippen molar-refractivity contribution in [1.29, 1.82) is 0 Å². The van der Waals surface area contributed by atoms with Crippen molar-refractivity contribution in [3.8, 4) is 0 Å². The monoisotopic (exact) mass is 264 g/mol. The molecule has 1 aromatic carbocycles. The maximum Gasteiger partial charge on any atom is 0.0329 e. The van der Waals surface area contributed by atoms with Gasteiger partial charge in [0.15, 0.2) is 0 Å². The minimum atomic E-state index is 0.488. The maximum atomic E-state index is 3.44. The Hall–Kier alpha value is -0.510. The molecule has 1 fully saturated rings. The molecule has 18 heavy (non-hydrogen) atoms. The number of thioether (sulfide) groups is 1. The zero-order valence-electron chi connectivity index (χ0n) is 11.3. The first-order chi connectivity index (χ1) is 8.90. The third-order valence-corrected chi connectivity index (χ3v) is 4.65. The van der Waals surface area contributed by atoms with Gasteiger partial charge in [-0.05, 0) is 44.3 Å². The third kappa shape index (κ3) is 4.30. The predicted octanol–water partition coefficient (Wildman–Crippen LogP) is 2.78. The molecular formula is C15H24N2S. The lowest BCUT2D eigenvalue weighted by Gasteiger charge is -2.23. The van der Waals surface area contributed by atoms with E-state index in [1.165, 1.54) is 49.5 Å². The van der Waals surface area contributed by atoms with Gasteiger partial charge < -0.3 is 10.2 Å². The minimum absolute atomic E-state index is 0.488. The number of benzene rings is 1. The molecule has 1 saturated heterocycles. The molecule has 1 N–H and O–H groups in total. The van der Waals surface area contributed by atoms with Crippen molar-refractivity contribution < 1.29 is 0 Å². The van der Waals surface area contributed by atoms with Gasteiger partial charge in [-0.2, -0.15) is 11.8 Å². The predicted molar refractivity (Wildman–Crippen MR) is 81.2 cm³/mol. The zero-order chi connectivity index (χ0) is 12.6. The van der Waals surface area contributed by atoms with E-state index in [9.17, 15) is 0 Å². The van der Waals surface area contributed by atoms with E-state index in [0.717, 1.165) is 0 Å². The maximum absolute atomic E-state index is 3.44. The molecule has 0 bridgehead atoms. The van der Waals surface area contributed by atoms with E-state index >= 15 is 0 Å². The SMILES string of the molecule is CNC(CCN1CCCSCC1)c1ccccc1. The molecule has 0 aliphatic carbocycles. The Morgan fingerprint density at radius 1 is 1.22 bits per heavy atom. The lowest BCUT2D eigenvalue weighted by atomic mass is 10.0. The van der Waals surface area contributed by atoms with Crippen LogP contribution in [0, 0.1) is 0 Å². The van der Waals surface area contributed by atoms with E-state index < -0.39 is 0 Å². The summed E-state index contributed by atoms with van der Waals surface area (Å²) in [6.45, 7) is 3.75. The molecule has 0 amide bonds. The highest BCUT2D eigenvalue weighted by atomic mass is 32.2. The number of rotatable bonds is 5. The Bertz CT molecular complexity index is 321. The second-order valence-corrected chi connectivity index (χ2v) is 6.07. The number of nitrogens with zero attached hydrogens (tertiary/aromatic N) is 1. The minimum Gasteiger partial charge on any atom is -0.313 e. The second kappa shape index (κ2) is 7.82. The van der Waals surface area contributed by atoms with Gasteiger partial charge in [-0.1, -0.05) is 30.3 Å². The lowest BCUT2D eigenvalue weighted by Crippen LogP contribution is -2.30. The van der Waals surface area contributed by atoms with Gasteiger partial charge in [0.1, 0.15) is 0 Å². The molecule has 1 aliphatic heterocycles. The van der Waals surface area contributed by atoms with Crippen molar-refractivity contribution in [1.82, 2.24) is 10.2 Å². The zero-order valence-corrected chi connectivity index (χ0v) is 12.1. The summed E-state index contributed by atoms with van der Waals surface area (Å²) in [5, 5.41) is 3.44. The fourth-order valence-corrected chi connectivity index (χ4v) is 3.42. The summed E-state index contributed by atoms with van der Waals surface area (Å²) in [6.07, 6.45) is 2.55. The van der Waals surface area contributed by atoms with Crippen molar-refractivity contribution in [3.05, 3.63) is 35.9 Å². The van der Waals surface area contributed by atoms with Gasteiger partial charge in [-0.15, -0.1) is 0 Å². The Labute approximate surface area is 115 Å². The first-order valence-corrected chi connectivity index (χ1v) is 8.08. The van der Waals surface area contributed by atoms with Crippen molar-refractivity contribution >= 4 is 11.8 Å². The average Bonchev–Trinajstić information content (AvgIpc) is 2.69. The van der Waals surface area contributed by atoms with E-state index in [-0.39, 0.29) is 0 Å². The smallest absolute Gasteiger partial charge is 0.0329 e. The van der Waals surface area contributed by atoms with Crippen molar-refractivity contribution in [2.24, 2.45) is 0 Å². The van der Waals surface area contributed by atoms with Gasteiger partial charge in [0.2, 0.25) is 0 Å². The first kappa shape index (κ1) is 13.9. The molecule has 1 heterocycles. The highest BCUT2D eigenvalue weighted by Gasteiger charge is 2.13. The van der Waals surface area contributed by atoms with Crippen LogP contribution in [0.25, 0.3) is 0 Å². The van der Waals surface area contributed by atoms with Crippen LogP contribution in [-0.4, -0.2) is 43.1 Å². The Morgan fingerprint density at radius 2 is 2.06 bits per heavy atom. The Morgan fingerprint density at radius 3 is 2.83 bits per heavy atom. The fourth-order valence-electron chi connectivity index (χ4n) is 2.50. The average molecular weight is 264 g/mol. The summed E-state index contributed by atoms with van der Waals surface area (Å²) in [6, 6.07) is 11.3. The third-order valence-electron chi connectivity index (χ3n) is 3.60. The highest BCUT2D eigenvalue weighted by molar-refractivity contribution is 7.99. The summed E-state index contributed by atoms with van der Waals surface area (Å²) in [4.78, 5) is 2.62. The molecule has 100 valence electrons. The summed E-state index contributed by atoms with van der Waals surface area (Å²) < 4.78 is 0. The molecule has 1 atom stereocenters. The van der Waals surface area contributed by atoms with Crippen LogP contribution in [-0.2, 0) is 0 Å². The van der Waals surface area contributed by atoms with Crippen LogP contribution in [0.15, 0.2) is 30.3 Å². The molecule has 2 nitrogen and oxygen atoms in total. The number of hydrogen-bond acceptors (Lipinski definition) is 3. The van der Waals surface area contributed by atoms with Crippen LogP contribution in [0.3, 0.4) is 0 Å². The van der Waals surface area contributed by atoms with E-state index in [0.29, 0.717) is 6.04 Å². The van der Waals surface area contributed by atoms with Gasteiger partial charge >= 0.3 is 0 Å². The van der Waals surface area contributed by atoms with Gasteiger partial charge in [0.05, 0.1) is 0 Å². The molecule has 0 aromatic heterocycles. The Balaban J connectivity index is 1.83. The Kier molecular flexibility index (Phi) is 6.05. The van der Waals surface area contributed by atoms with Gasteiger partial charge in [-0.3, -0.25) is 0 Å². The van der Waals surface area contributed by atoms with Crippen LogP contribution in [0.2, 0.25) is 0 Å². The summed E-state index contributed by atoms with van der Waals surface area (Å²) in [7, 11) is 2.07. The van der Waals surface area contributed by atoms with E-state index in [4.69, 9.17) is 0 Å². The molecule has 1 aromatic rings. The highest BCUT2D eigenvalue weighted by Crippen LogP contribution is 2.17. The van der Waals surface area contributed by atoms with Gasteiger partial charge in [0, 0.05) is 18.3 Å². The molecule has 0 spiro atoms. The van der Waals surface area contributed by atoms with Crippen LogP contribution in [0.4, 0.5) is 0 Å². The van der Waals surface area contributed by atoms with Crippen molar-refractivity contribution in [2.75, 3.05) is 38.2 Å². The molecule has 0 radical (unpaired) electrons. The molecule has 1 unspecified atom stereocenters. The van der Waals surface area contributed by atoms with Crippen LogP contribution >= 0.6 is 11.8 Å². The standard InChI is InChI=1S/C15H24N2S/c1-16-15(14-6-3-2-4-7-14)8-10-17-9-5-12-18-13-11-17/h2-4,6-7,15-16H,5,8-13H2,1H3. The van der Waals surface area contributed by atoms with Crippen LogP contribution in [0.5, 0.6) is 0 Å². The van der Waals surface area contributed by atoms with E-state index in [2.05, 4.69) is 59.4 Å². The number of hydrogen-bond donors (Lipinski definition) is 1. The van der Waals surface area contributed by atoms with Crippen LogP contribution < -0.4 is 5.32 Å². The lowest BCUT2D eigenvalue weighted by molar-refractivity contribution is 0.277. The van der Waals surface area contributed by atoms with Crippen molar-refractivity contribution in [3.63, 3.8) is 0 Å². The fraction of sp³-hybridized carbons (Fsp3) is 0.600. The normalized spacial score (nSPS) is 19.4. The molecule has 3 heteroatoms. The molecular weight excluding hydrogens is 240 g/mol. The summed E-state index contributed by atoms with van der Waals surface area (Å²) in [5.41, 5.74) is 1.41. The largest absolute Gasteiger partial charge is 0.313 e. The second-order valence-electron chi connectivity index (χ2n) is 4.85. The first-order valence-electron chi connectivity index (χ1n) is 6.92.